The van der Waals surface area contributed by atoms with Gasteiger partial charge in [0.25, 0.3) is 5.91 Å². The van der Waals surface area contributed by atoms with Crippen molar-refractivity contribution in [2.24, 2.45) is 0 Å². The smallest absolute Gasteiger partial charge is 0.261 e. The number of carbonyl (C=O) groups excluding carboxylic acids is 2. The van der Waals surface area contributed by atoms with E-state index in [4.69, 9.17) is 16.3 Å². The Bertz CT molecular complexity index is 1100. The number of hydrogen-bond acceptors (Lipinski definition) is 3. The second-order valence-corrected chi connectivity index (χ2v) is 8.37. The van der Waals surface area contributed by atoms with Crippen LogP contribution in [-0.4, -0.2) is 36.4 Å². The summed E-state index contributed by atoms with van der Waals surface area (Å²) in [7, 11) is 1.59. The Morgan fingerprint density at radius 3 is 2.33 bits per heavy atom. The van der Waals surface area contributed by atoms with Gasteiger partial charge in [-0.1, -0.05) is 66.2 Å². The molecule has 3 aromatic carbocycles. The predicted octanol–water partition coefficient (Wildman–Crippen LogP) is 4.72. The first kappa shape index (κ1) is 24.3. The fourth-order valence-corrected chi connectivity index (χ4v) is 3.74. The number of rotatable bonds is 9. The lowest BCUT2D eigenvalue weighted by molar-refractivity contribution is -0.142. The van der Waals surface area contributed by atoms with Gasteiger partial charge >= 0.3 is 0 Å². The minimum absolute atomic E-state index is 0.185. The summed E-state index contributed by atoms with van der Waals surface area (Å²) in [6, 6.07) is 22.1. The zero-order valence-electron chi connectivity index (χ0n) is 19.2. The Morgan fingerprint density at radius 2 is 1.67 bits per heavy atom. The Morgan fingerprint density at radius 1 is 0.970 bits per heavy atom. The molecule has 0 heterocycles. The number of nitrogens with zero attached hydrogens (tertiary/aromatic N) is 1. The number of ether oxygens (including phenoxy) is 1. The zero-order chi connectivity index (χ0) is 23.8. The molecule has 0 aliphatic heterocycles. The van der Waals surface area contributed by atoms with Crippen molar-refractivity contribution in [3.63, 3.8) is 0 Å². The van der Waals surface area contributed by atoms with Crippen molar-refractivity contribution in [2.75, 3.05) is 13.7 Å². The van der Waals surface area contributed by atoms with E-state index in [0.717, 1.165) is 22.3 Å². The van der Waals surface area contributed by atoms with E-state index in [1.807, 2.05) is 68.4 Å². The second-order valence-electron chi connectivity index (χ2n) is 7.97. The first-order chi connectivity index (χ1) is 15.9. The Balaban J connectivity index is 1.88. The van der Waals surface area contributed by atoms with Gasteiger partial charge in [0.15, 0.2) is 6.61 Å². The molecule has 0 saturated carbocycles. The van der Waals surface area contributed by atoms with Crippen LogP contribution in [0.25, 0.3) is 0 Å². The first-order valence-corrected chi connectivity index (χ1v) is 11.2. The van der Waals surface area contributed by atoms with E-state index < -0.39 is 6.04 Å². The van der Waals surface area contributed by atoms with E-state index in [0.29, 0.717) is 23.7 Å². The molecular formula is C27H29ClN2O3. The third-order valence-electron chi connectivity index (χ3n) is 5.61. The fourth-order valence-electron chi connectivity index (χ4n) is 3.63. The third-order valence-corrected chi connectivity index (χ3v) is 6.04. The molecule has 2 amide bonds. The van der Waals surface area contributed by atoms with Crippen molar-refractivity contribution in [3.8, 4) is 5.75 Å². The van der Waals surface area contributed by atoms with E-state index in [1.54, 1.807) is 30.1 Å². The van der Waals surface area contributed by atoms with Gasteiger partial charge in [0.1, 0.15) is 11.8 Å². The van der Waals surface area contributed by atoms with Gasteiger partial charge in [0.2, 0.25) is 5.91 Å². The molecule has 0 aliphatic carbocycles. The van der Waals surface area contributed by atoms with Crippen LogP contribution in [0.15, 0.2) is 72.8 Å². The molecule has 3 aromatic rings. The number of hydrogen-bond donors (Lipinski definition) is 1. The van der Waals surface area contributed by atoms with Gasteiger partial charge in [-0.05, 0) is 54.3 Å². The Kier molecular flexibility index (Phi) is 8.50. The molecule has 0 saturated heterocycles. The van der Waals surface area contributed by atoms with Gasteiger partial charge in [-0.2, -0.15) is 0 Å². The molecule has 172 valence electrons. The number of carbonyl (C=O) groups is 2. The summed E-state index contributed by atoms with van der Waals surface area (Å²) in [6.45, 7) is 3.99. The Labute approximate surface area is 200 Å². The van der Waals surface area contributed by atoms with E-state index in [9.17, 15) is 9.59 Å². The molecule has 5 nitrogen and oxygen atoms in total. The summed E-state index contributed by atoms with van der Waals surface area (Å²) in [5, 5.41) is 3.36. The number of nitrogens with one attached hydrogen (secondary N) is 1. The highest BCUT2D eigenvalue weighted by Gasteiger charge is 2.30. The molecule has 1 N–H and O–H groups in total. The van der Waals surface area contributed by atoms with Gasteiger partial charge in [0, 0.05) is 25.0 Å². The fraction of sp³-hybridized carbons (Fsp3) is 0.259. The van der Waals surface area contributed by atoms with E-state index in [-0.39, 0.29) is 18.4 Å². The summed E-state index contributed by atoms with van der Waals surface area (Å²) < 4.78 is 5.78. The highest BCUT2D eigenvalue weighted by molar-refractivity contribution is 6.31. The molecule has 0 bridgehead atoms. The minimum atomic E-state index is -0.680. The monoisotopic (exact) mass is 464 g/mol. The maximum Gasteiger partial charge on any atom is 0.261 e. The average molecular weight is 465 g/mol. The van der Waals surface area contributed by atoms with E-state index in [1.165, 1.54) is 0 Å². The van der Waals surface area contributed by atoms with Gasteiger partial charge < -0.3 is 15.0 Å². The van der Waals surface area contributed by atoms with Crippen molar-refractivity contribution in [1.29, 1.82) is 0 Å². The van der Waals surface area contributed by atoms with Crippen LogP contribution < -0.4 is 10.1 Å². The number of benzene rings is 3. The van der Waals surface area contributed by atoms with Gasteiger partial charge in [-0.25, -0.2) is 0 Å². The van der Waals surface area contributed by atoms with Crippen LogP contribution in [-0.2, 0) is 22.6 Å². The third kappa shape index (κ3) is 6.59. The molecule has 3 rings (SSSR count). The van der Waals surface area contributed by atoms with Gasteiger partial charge in [-0.15, -0.1) is 0 Å². The average Bonchev–Trinajstić information content (AvgIpc) is 2.83. The normalized spacial score (nSPS) is 11.5. The van der Waals surface area contributed by atoms with Crippen LogP contribution in [0.5, 0.6) is 5.75 Å². The highest BCUT2D eigenvalue weighted by atomic mass is 35.5. The van der Waals surface area contributed by atoms with Crippen LogP contribution >= 0.6 is 11.6 Å². The topological polar surface area (TPSA) is 58.6 Å². The lowest BCUT2D eigenvalue weighted by Gasteiger charge is -2.31. The number of halogens is 1. The van der Waals surface area contributed by atoms with Crippen molar-refractivity contribution in [3.05, 3.63) is 100 Å². The van der Waals surface area contributed by atoms with Crippen LogP contribution in [0, 0.1) is 13.8 Å². The van der Waals surface area contributed by atoms with Crippen molar-refractivity contribution in [2.45, 2.75) is 32.9 Å². The van der Waals surface area contributed by atoms with Gasteiger partial charge in [-0.3, -0.25) is 9.59 Å². The molecule has 0 spiro atoms. The van der Waals surface area contributed by atoms with Gasteiger partial charge in [0.05, 0.1) is 0 Å². The molecule has 33 heavy (non-hydrogen) atoms. The van der Waals surface area contributed by atoms with Crippen LogP contribution in [0.4, 0.5) is 0 Å². The summed E-state index contributed by atoms with van der Waals surface area (Å²) in [5.41, 5.74) is 3.88. The van der Waals surface area contributed by atoms with Crippen molar-refractivity contribution in [1.82, 2.24) is 10.2 Å². The van der Waals surface area contributed by atoms with Crippen LogP contribution in [0.2, 0.25) is 5.02 Å². The summed E-state index contributed by atoms with van der Waals surface area (Å²) in [4.78, 5) is 28.0. The predicted molar refractivity (Wildman–Crippen MR) is 131 cm³/mol. The SMILES string of the molecule is CNC(=O)C(Cc1ccccc1)N(Cc1ccccc1C)C(=O)COc1ccc(Cl)c(C)c1. The molecule has 0 aliphatic rings. The zero-order valence-corrected chi connectivity index (χ0v) is 19.9. The number of amides is 2. The lowest BCUT2D eigenvalue weighted by atomic mass is 10.0. The molecule has 6 heteroatoms. The highest BCUT2D eigenvalue weighted by Crippen LogP contribution is 2.22. The van der Waals surface area contributed by atoms with Crippen molar-refractivity contribution < 1.29 is 14.3 Å². The molecular weight excluding hydrogens is 436 g/mol. The Hall–Kier alpha value is -3.31. The molecule has 0 fully saturated rings. The second kappa shape index (κ2) is 11.5. The minimum Gasteiger partial charge on any atom is -0.484 e. The molecule has 0 radical (unpaired) electrons. The largest absolute Gasteiger partial charge is 0.484 e. The summed E-state index contributed by atoms with van der Waals surface area (Å²) >= 11 is 6.09. The van der Waals surface area contributed by atoms with Crippen LogP contribution in [0.3, 0.4) is 0 Å². The van der Waals surface area contributed by atoms with Crippen molar-refractivity contribution >= 4 is 23.4 Å². The standard InChI is InChI=1S/C27H29ClN2O3/c1-19-9-7-8-12-22(19)17-30(25(27(32)29-3)16-21-10-5-4-6-11-21)26(31)18-33-23-13-14-24(28)20(2)15-23/h4-15,25H,16-18H2,1-3H3,(H,29,32). The number of aryl methyl sites for hydroxylation is 2. The maximum absolute atomic E-state index is 13.4. The maximum atomic E-state index is 13.4. The molecule has 1 unspecified atom stereocenters. The lowest BCUT2D eigenvalue weighted by Crippen LogP contribution is -2.51. The summed E-state index contributed by atoms with van der Waals surface area (Å²) in [6.07, 6.45) is 0.401. The summed E-state index contributed by atoms with van der Waals surface area (Å²) in [5.74, 6) is 0.0687. The van der Waals surface area contributed by atoms with E-state index >= 15 is 0 Å². The molecule has 1 atom stereocenters. The first-order valence-electron chi connectivity index (χ1n) is 10.9. The molecule has 0 aromatic heterocycles. The number of likely N-dealkylation sites (N-methyl/N-ethyl adjacent to an activating group) is 1. The quantitative estimate of drug-likeness (QED) is 0.498. The van der Waals surface area contributed by atoms with E-state index in [2.05, 4.69) is 5.32 Å². The van der Waals surface area contributed by atoms with Crippen LogP contribution in [0.1, 0.15) is 22.3 Å².